The molecule has 11 nitrogen and oxygen atoms in total. The van der Waals surface area contributed by atoms with E-state index in [1.165, 1.54) is 18.4 Å². The van der Waals surface area contributed by atoms with Gasteiger partial charge >= 0.3 is 0 Å². The van der Waals surface area contributed by atoms with E-state index in [1.54, 1.807) is 15.9 Å². The summed E-state index contributed by atoms with van der Waals surface area (Å²) in [4.78, 5) is 41.6. The molecule has 2 N–H and O–H groups in total. The summed E-state index contributed by atoms with van der Waals surface area (Å²) < 4.78 is 28.6. The summed E-state index contributed by atoms with van der Waals surface area (Å²) in [7, 11) is -0.616. The highest BCUT2D eigenvalue weighted by Gasteiger charge is 2.41. The van der Waals surface area contributed by atoms with Crippen molar-refractivity contribution in [3.63, 3.8) is 0 Å². The van der Waals surface area contributed by atoms with Crippen LogP contribution in [0.1, 0.15) is 41.4 Å². The van der Waals surface area contributed by atoms with Crippen molar-refractivity contribution in [3.8, 4) is 10.4 Å². The standard InChI is InChI=1S/C28H33N7O4S2/c1-16-26(40-28(30-16)32-22-6-5-7-23(31-22)34-11-10-33(4)15-24(34)36)19-12-20-14-35(17(2)18-8-9-18)27(37)25(20)21(13-19)41(38,39)29-3/h5-7,12-13,17-18,29H,8-11,14-15H2,1-4H3,(H,30,31,32)/t17-/m0/s1. The van der Waals surface area contributed by atoms with E-state index in [0.717, 1.165) is 30.0 Å². The van der Waals surface area contributed by atoms with Crippen LogP contribution in [0.15, 0.2) is 35.2 Å². The number of anilines is 3. The quantitative estimate of drug-likeness (QED) is 0.407. The Morgan fingerprint density at radius 2 is 1.88 bits per heavy atom. The first-order valence-corrected chi connectivity index (χ1v) is 16.0. The Balaban J connectivity index is 1.31. The van der Waals surface area contributed by atoms with Gasteiger partial charge in [0.05, 0.1) is 27.6 Å². The number of carbonyl (C=O) groups is 2. The molecule has 13 heteroatoms. The second-order valence-corrected chi connectivity index (χ2v) is 13.8. The molecule has 2 aliphatic heterocycles. The summed E-state index contributed by atoms with van der Waals surface area (Å²) in [5.41, 5.74) is 2.39. The van der Waals surface area contributed by atoms with Crippen molar-refractivity contribution in [2.75, 3.05) is 43.9 Å². The van der Waals surface area contributed by atoms with E-state index in [2.05, 4.69) is 20.0 Å². The lowest BCUT2D eigenvalue weighted by Gasteiger charge is -2.31. The predicted molar refractivity (Wildman–Crippen MR) is 158 cm³/mol. The number of pyridine rings is 1. The van der Waals surface area contributed by atoms with Gasteiger partial charge in [-0.05, 0) is 82.1 Å². The van der Waals surface area contributed by atoms with Gasteiger partial charge in [-0.3, -0.25) is 19.4 Å². The van der Waals surface area contributed by atoms with Crippen LogP contribution in [0.25, 0.3) is 10.4 Å². The van der Waals surface area contributed by atoms with Crippen LogP contribution in [-0.2, 0) is 21.4 Å². The third-order valence-electron chi connectivity index (χ3n) is 8.07. The number of likely N-dealkylation sites (N-methyl/N-ethyl adjacent to an activating group) is 1. The van der Waals surface area contributed by atoms with Gasteiger partial charge in [-0.2, -0.15) is 0 Å². The minimum Gasteiger partial charge on any atom is -0.331 e. The lowest BCUT2D eigenvalue weighted by Crippen LogP contribution is -2.49. The highest BCUT2D eigenvalue weighted by molar-refractivity contribution is 7.89. The molecule has 1 atom stereocenters. The molecule has 3 aromatic rings. The Bertz CT molecular complexity index is 1650. The van der Waals surface area contributed by atoms with Gasteiger partial charge in [0.15, 0.2) is 5.13 Å². The van der Waals surface area contributed by atoms with Gasteiger partial charge in [0.2, 0.25) is 15.9 Å². The Kier molecular flexibility index (Phi) is 7.09. The zero-order valence-electron chi connectivity index (χ0n) is 23.5. The van der Waals surface area contributed by atoms with E-state index in [1.807, 2.05) is 50.1 Å². The zero-order chi connectivity index (χ0) is 29.1. The number of benzene rings is 1. The van der Waals surface area contributed by atoms with E-state index in [0.29, 0.717) is 53.4 Å². The highest BCUT2D eigenvalue weighted by Crippen LogP contribution is 2.42. The molecule has 6 rings (SSSR count). The molecule has 0 radical (unpaired) electrons. The van der Waals surface area contributed by atoms with Gasteiger partial charge in [-0.15, -0.1) is 0 Å². The Morgan fingerprint density at radius 1 is 1.10 bits per heavy atom. The van der Waals surface area contributed by atoms with Crippen LogP contribution in [-0.4, -0.2) is 79.8 Å². The number of nitrogens with one attached hydrogen (secondary N) is 2. The predicted octanol–water partition coefficient (Wildman–Crippen LogP) is 3.20. The first kappa shape index (κ1) is 27.8. The number of hydrogen-bond donors (Lipinski definition) is 2. The van der Waals surface area contributed by atoms with Crippen molar-refractivity contribution >= 4 is 49.9 Å². The molecule has 3 aliphatic rings. The molecule has 0 spiro atoms. The Morgan fingerprint density at radius 3 is 2.59 bits per heavy atom. The molecule has 2 amide bonds. The van der Waals surface area contributed by atoms with Crippen molar-refractivity contribution in [2.24, 2.45) is 5.92 Å². The van der Waals surface area contributed by atoms with E-state index in [4.69, 9.17) is 0 Å². The minimum atomic E-state index is -3.89. The van der Waals surface area contributed by atoms with Gasteiger partial charge in [0, 0.05) is 25.7 Å². The summed E-state index contributed by atoms with van der Waals surface area (Å²) in [6, 6.07) is 9.04. The summed E-state index contributed by atoms with van der Waals surface area (Å²) in [6.07, 6.45) is 2.18. The van der Waals surface area contributed by atoms with Gasteiger partial charge in [-0.1, -0.05) is 17.4 Å². The molecule has 2 aromatic heterocycles. The molecule has 4 heterocycles. The number of aromatic nitrogens is 2. The van der Waals surface area contributed by atoms with Crippen molar-refractivity contribution < 1.29 is 18.0 Å². The number of aryl methyl sites for hydroxylation is 1. The molecular weight excluding hydrogens is 562 g/mol. The number of sulfonamides is 1. The fourth-order valence-corrected chi connectivity index (χ4v) is 7.51. The number of amides is 2. The lowest BCUT2D eigenvalue weighted by molar-refractivity contribution is -0.120. The van der Waals surface area contributed by atoms with Crippen molar-refractivity contribution in [3.05, 3.63) is 47.2 Å². The maximum atomic E-state index is 13.4. The van der Waals surface area contributed by atoms with Gasteiger partial charge < -0.3 is 10.2 Å². The fourth-order valence-electron chi connectivity index (χ4n) is 5.56. The molecule has 0 bridgehead atoms. The monoisotopic (exact) mass is 595 g/mol. The second-order valence-electron chi connectivity index (χ2n) is 10.9. The molecular formula is C28H33N7O4S2. The van der Waals surface area contributed by atoms with Crippen LogP contribution in [0.4, 0.5) is 16.8 Å². The van der Waals surface area contributed by atoms with Crippen LogP contribution in [0.3, 0.4) is 0 Å². The van der Waals surface area contributed by atoms with Crippen LogP contribution in [0.5, 0.6) is 0 Å². The van der Waals surface area contributed by atoms with Gasteiger partial charge in [-0.25, -0.2) is 23.1 Å². The summed E-state index contributed by atoms with van der Waals surface area (Å²) in [6.45, 7) is 6.00. The Labute approximate surface area is 243 Å². The molecule has 216 valence electrons. The third kappa shape index (κ3) is 5.23. The van der Waals surface area contributed by atoms with Crippen molar-refractivity contribution in [1.82, 2.24) is 24.5 Å². The number of fused-ring (bicyclic) bond motifs is 1. The third-order valence-corrected chi connectivity index (χ3v) is 10.6. The molecule has 41 heavy (non-hydrogen) atoms. The number of piperazine rings is 1. The van der Waals surface area contributed by atoms with Gasteiger partial charge in [0.1, 0.15) is 11.6 Å². The molecule has 1 saturated heterocycles. The topological polar surface area (TPSA) is 128 Å². The number of rotatable bonds is 8. The van der Waals surface area contributed by atoms with E-state index in [-0.39, 0.29) is 28.3 Å². The lowest BCUT2D eigenvalue weighted by atomic mass is 10.0. The SMILES string of the molecule is CNS(=O)(=O)c1cc(-c2sc(Nc3cccc(N4CCN(C)CC4=O)n3)nc2C)cc2c1C(=O)N([C@@H](C)C1CC1)C2. The highest BCUT2D eigenvalue weighted by atomic mass is 32.2. The largest absolute Gasteiger partial charge is 0.331 e. The first-order chi connectivity index (χ1) is 19.6. The van der Waals surface area contributed by atoms with E-state index in [9.17, 15) is 18.0 Å². The molecule has 1 saturated carbocycles. The average Bonchev–Trinajstić information content (AvgIpc) is 3.65. The number of carbonyl (C=O) groups excluding carboxylic acids is 2. The molecule has 1 aromatic carbocycles. The number of thiazole rings is 1. The molecule has 0 unspecified atom stereocenters. The van der Waals surface area contributed by atoms with Crippen LogP contribution in [0.2, 0.25) is 0 Å². The van der Waals surface area contributed by atoms with Crippen molar-refractivity contribution in [2.45, 2.75) is 44.2 Å². The maximum Gasteiger partial charge on any atom is 0.256 e. The first-order valence-electron chi connectivity index (χ1n) is 13.7. The van der Waals surface area contributed by atoms with Crippen LogP contribution < -0.4 is 14.9 Å². The van der Waals surface area contributed by atoms with Crippen LogP contribution in [0, 0.1) is 12.8 Å². The van der Waals surface area contributed by atoms with E-state index < -0.39 is 10.0 Å². The molecule has 2 fully saturated rings. The zero-order valence-corrected chi connectivity index (χ0v) is 25.1. The van der Waals surface area contributed by atoms with E-state index >= 15 is 0 Å². The summed E-state index contributed by atoms with van der Waals surface area (Å²) >= 11 is 1.38. The van der Waals surface area contributed by atoms with Gasteiger partial charge in [0.25, 0.3) is 5.91 Å². The Hall–Kier alpha value is -3.39. The normalized spacial score (nSPS) is 18.6. The minimum absolute atomic E-state index is 0.00304. The summed E-state index contributed by atoms with van der Waals surface area (Å²) in [5.74, 6) is 1.38. The smallest absolute Gasteiger partial charge is 0.256 e. The average molecular weight is 596 g/mol. The fraction of sp³-hybridized carbons (Fsp3) is 0.429. The van der Waals surface area contributed by atoms with Crippen molar-refractivity contribution in [1.29, 1.82) is 0 Å². The summed E-state index contributed by atoms with van der Waals surface area (Å²) in [5, 5.41) is 3.84. The number of nitrogens with zero attached hydrogens (tertiary/aromatic N) is 5. The number of hydrogen-bond acceptors (Lipinski definition) is 9. The maximum absolute atomic E-state index is 13.4. The van der Waals surface area contributed by atoms with Crippen LogP contribution >= 0.6 is 11.3 Å². The second kappa shape index (κ2) is 10.5. The molecule has 1 aliphatic carbocycles.